The summed E-state index contributed by atoms with van der Waals surface area (Å²) in [4.78, 5) is 10.4. The van der Waals surface area contributed by atoms with Crippen LogP contribution in [0.2, 0.25) is 0 Å². The Morgan fingerprint density at radius 2 is 2.00 bits per heavy atom. The predicted molar refractivity (Wildman–Crippen MR) is 75.8 cm³/mol. The molecule has 1 aliphatic rings. The Hall–Kier alpha value is -0.360. The third-order valence-corrected chi connectivity index (χ3v) is 3.90. The van der Waals surface area contributed by atoms with Gasteiger partial charge in [0.25, 0.3) is 0 Å². The van der Waals surface area contributed by atoms with Crippen molar-refractivity contribution in [2.24, 2.45) is 0 Å². The summed E-state index contributed by atoms with van der Waals surface area (Å²) in [5.74, 6) is 0. The lowest BCUT2D eigenvalue weighted by Crippen LogP contribution is -2.48. The summed E-state index contributed by atoms with van der Waals surface area (Å²) >= 11 is 1.60. The van der Waals surface area contributed by atoms with Crippen LogP contribution in [0.15, 0.2) is 6.20 Å². The Morgan fingerprint density at radius 1 is 1.35 bits per heavy atom. The second kappa shape index (κ2) is 6.54. The van der Waals surface area contributed by atoms with Crippen molar-refractivity contribution in [1.29, 1.82) is 0 Å². The lowest BCUT2D eigenvalue weighted by Gasteiger charge is -2.36. The van der Waals surface area contributed by atoms with Crippen molar-refractivity contribution in [1.82, 2.24) is 14.8 Å². The lowest BCUT2D eigenvalue weighted by atomic mass is 10.2. The van der Waals surface area contributed by atoms with Gasteiger partial charge in [-0.15, -0.1) is 23.7 Å². The maximum absolute atomic E-state index is 5.63. The first-order valence-corrected chi connectivity index (χ1v) is 6.63. The number of hydrogen-bond acceptors (Lipinski definition) is 5. The second-order valence-electron chi connectivity index (χ2n) is 4.57. The number of nitrogens with zero attached hydrogens (tertiary/aromatic N) is 3. The topological polar surface area (TPSA) is 45.4 Å². The molecule has 1 saturated heterocycles. The van der Waals surface area contributed by atoms with Crippen LogP contribution < -0.4 is 5.73 Å². The minimum absolute atomic E-state index is 0. The fraction of sp³-hybridized carbons (Fsp3) is 0.727. The van der Waals surface area contributed by atoms with E-state index in [-0.39, 0.29) is 12.4 Å². The molecule has 1 aromatic rings. The summed E-state index contributed by atoms with van der Waals surface area (Å²) < 4.78 is 0. The van der Waals surface area contributed by atoms with Gasteiger partial charge in [0.15, 0.2) is 5.13 Å². The van der Waals surface area contributed by atoms with Crippen molar-refractivity contribution in [3.05, 3.63) is 11.1 Å². The molecular weight excluding hydrogens is 256 g/mol. The first-order chi connectivity index (χ1) is 7.65. The van der Waals surface area contributed by atoms with Gasteiger partial charge < -0.3 is 5.73 Å². The molecule has 1 aromatic heterocycles. The summed E-state index contributed by atoms with van der Waals surface area (Å²) in [5, 5.41) is 0.677. The molecule has 2 rings (SSSR count). The number of aromatic nitrogens is 1. The van der Waals surface area contributed by atoms with Crippen LogP contribution >= 0.6 is 23.7 Å². The number of rotatable bonds is 3. The van der Waals surface area contributed by atoms with Crippen LogP contribution in [0.4, 0.5) is 5.13 Å². The second-order valence-corrected chi connectivity index (χ2v) is 5.72. The van der Waals surface area contributed by atoms with E-state index in [1.54, 1.807) is 11.3 Å². The van der Waals surface area contributed by atoms with E-state index in [2.05, 4.69) is 28.6 Å². The van der Waals surface area contributed by atoms with Crippen molar-refractivity contribution in [2.45, 2.75) is 26.4 Å². The van der Waals surface area contributed by atoms with Crippen LogP contribution in [-0.4, -0.2) is 47.0 Å². The molecule has 0 bridgehead atoms. The fourth-order valence-corrected chi connectivity index (χ4v) is 2.78. The van der Waals surface area contributed by atoms with Gasteiger partial charge in [0.05, 0.1) is 0 Å². The largest absolute Gasteiger partial charge is 0.375 e. The molecule has 2 heterocycles. The molecule has 1 aliphatic heterocycles. The quantitative estimate of drug-likeness (QED) is 0.912. The maximum atomic E-state index is 5.63. The zero-order chi connectivity index (χ0) is 11.5. The third kappa shape index (κ3) is 4.10. The molecule has 4 nitrogen and oxygen atoms in total. The standard InChI is InChI=1S/C11H20N4S.ClH/c1-9(2)15-5-3-14(4-6-15)8-10-7-13-11(12)16-10;/h7,9H,3-6,8H2,1-2H3,(H2,12,13);1H. The number of hydrogen-bond donors (Lipinski definition) is 1. The first kappa shape index (κ1) is 14.7. The Kier molecular flexibility index (Phi) is 5.66. The smallest absolute Gasteiger partial charge is 0.180 e. The zero-order valence-corrected chi connectivity index (χ0v) is 12.1. The predicted octanol–water partition coefficient (Wildman–Crippen LogP) is 1.67. The van der Waals surface area contributed by atoms with Crippen LogP contribution in [0, 0.1) is 0 Å². The van der Waals surface area contributed by atoms with Gasteiger partial charge in [-0.05, 0) is 13.8 Å². The van der Waals surface area contributed by atoms with E-state index in [0.717, 1.165) is 19.6 Å². The summed E-state index contributed by atoms with van der Waals surface area (Å²) in [6.07, 6.45) is 1.90. The Balaban J connectivity index is 0.00000144. The van der Waals surface area contributed by atoms with E-state index in [1.807, 2.05) is 6.20 Å². The summed E-state index contributed by atoms with van der Waals surface area (Å²) in [7, 11) is 0. The van der Waals surface area contributed by atoms with Gasteiger partial charge in [-0.3, -0.25) is 9.80 Å². The first-order valence-electron chi connectivity index (χ1n) is 5.81. The van der Waals surface area contributed by atoms with Crippen molar-refractivity contribution >= 4 is 28.9 Å². The van der Waals surface area contributed by atoms with Crippen molar-refractivity contribution < 1.29 is 0 Å². The zero-order valence-electron chi connectivity index (χ0n) is 10.4. The minimum Gasteiger partial charge on any atom is -0.375 e. The van der Waals surface area contributed by atoms with Crippen LogP contribution in [-0.2, 0) is 6.54 Å². The Labute approximate surface area is 113 Å². The van der Waals surface area contributed by atoms with Gasteiger partial charge in [-0.25, -0.2) is 4.98 Å². The van der Waals surface area contributed by atoms with Gasteiger partial charge >= 0.3 is 0 Å². The van der Waals surface area contributed by atoms with E-state index < -0.39 is 0 Å². The SMILES string of the molecule is CC(C)N1CCN(Cc2cnc(N)s2)CC1.Cl. The monoisotopic (exact) mass is 276 g/mol. The highest BCUT2D eigenvalue weighted by Gasteiger charge is 2.19. The molecule has 0 aromatic carbocycles. The summed E-state index contributed by atoms with van der Waals surface area (Å²) in [6.45, 7) is 10.2. The maximum Gasteiger partial charge on any atom is 0.180 e. The molecule has 0 saturated carbocycles. The number of nitrogens with two attached hydrogens (primary N) is 1. The number of nitrogen functional groups attached to an aromatic ring is 1. The number of halogens is 1. The van der Waals surface area contributed by atoms with Crippen molar-refractivity contribution in [3.8, 4) is 0 Å². The fourth-order valence-electron chi connectivity index (χ4n) is 2.05. The average Bonchev–Trinajstić information content (AvgIpc) is 2.65. The average molecular weight is 277 g/mol. The normalized spacial score (nSPS) is 18.3. The lowest BCUT2D eigenvalue weighted by molar-refractivity contribution is 0.105. The molecule has 0 atom stereocenters. The number of anilines is 1. The van der Waals surface area contributed by atoms with E-state index in [1.165, 1.54) is 18.0 Å². The molecule has 0 radical (unpaired) electrons. The van der Waals surface area contributed by atoms with Crippen molar-refractivity contribution in [3.63, 3.8) is 0 Å². The molecule has 0 unspecified atom stereocenters. The van der Waals surface area contributed by atoms with E-state index >= 15 is 0 Å². The highest BCUT2D eigenvalue weighted by Crippen LogP contribution is 2.17. The van der Waals surface area contributed by atoms with E-state index in [4.69, 9.17) is 5.73 Å². The number of thiazole rings is 1. The van der Waals surface area contributed by atoms with E-state index in [9.17, 15) is 0 Å². The van der Waals surface area contributed by atoms with Gasteiger partial charge in [0, 0.05) is 49.8 Å². The van der Waals surface area contributed by atoms with Gasteiger partial charge in [0.1, 0.15) is 0 Å². The van der Waals surface area contributed by atoms with E-state index in [0.29, 0.717) is 11.2 Å². The molecule has 0 amide bonds. The third-order valence-electron chi connectivity index (χ3n) is 3.09. The van der Waals surface area contributed by atoms with Crippen LogP contribution in [0.5, 0.6) is 0 Å². The Morgan fingerprint density at radius 3 is 2.47 bits per heavy atom. The van der Waals surface area contributed by atoms with Crippen LogP contribution in [0.25, 0.3) is 0 Å². The molecule has 0 spiro atoms. The molecule has 1 fully saturated rings. The molecule has 17 heavy (non-hydrogen) atoms. The number of piperazine rings is 1. The van der Waals surface area contributed by atoms with Gasteiger partial charge in [0.2, 0.25) is 0 Å². The molecular formula is C11H21ClN4S. The summed E-state index contributed by atoms with van der Waals surface area (Å²) in [6, 6.07) is 0.668. The van der Waals surface area contributed by atoms with Crippen LogP contribution in [0.1, 0.15) is 18.7 Å². The highest BCUT2D eigenvalue weighted by atomic mass is 35.5. The summed E-state index contributed by atoms with van der Waals surface area (Å²) in [5.41, 5.74) is 5.63. The molecule has 98 valence electrons. The molecule has 6 heteroatoms. The Bertz CT molecular complexity index is 334. The minimum atomic E-state index is 0. The van der Waals surface area contributed by atoms with Crippen LogP contribution in [0.3, 0.4) is 0 Å². The van der Waals surface area contributed by atoms with Gasteiger partial charge in [-0.1, -0.05) is 0 Å². The van der Waals surface area contributed by atoms with Crippen molar-refractivity contribution in [2.75, 3.05) is 31.9 Å². The van der Waals surface area contributed by atoms with Gasteiger partial charge in [-0.2, -0.15) is 0 Å². The molecule has 0 aliphatic carbocycles. The molecule has 2 N–H and O–H groups in total. The highest BCUT2D eigenvalue weighted by molar-refractivity contribution is 7.15.